The Morgan fingerprint density at radius 3 is 1.19 bits per heavy atom. The molecule has 6 atom stereocenters. The van der Waals surface area contributed by atoms with E-state index in [0.717, 1.165) is 146 Å². The fourth-order valence-electron chi connectivity index (χ4n) is 20.0. The van der Waals surface area contributed by atoms with Crippen LogP contribution in [0, 0.1) is 0 Å². The third kappa shape index (κ3) is 20.9. The van der Waals surface area contributed by atoms with Crippen LogP contribution in [0.2, 0.25) is 0 Å². The Morgan fingerprint density at radius 1 is 0.415 bits per heavy atom. The highest BCUT2D eigenvalue weighted by Gasteiger charge is 2.51. The number of nitrogens with one attached hydrogen (secondary N) is 2. The number of fused-ring (bicyclic) bond motifs is 27. The van der Waals surface area contributed by atoms with Crippen molar-refractivity contribution in [2.24, 2.45) is 0 Å². The fraction of sp³-hybridized carbons (Fsp3) is 0.529. The van der Waals surface area contributed by atoms with E-state index < -0.39 is 6.10 Å². The molecule has 689 valence electrons. The third-order valence-electron chi connectivity index (χ3n) is 26.0. The molecule has 2 aliphatic carbocycles. The number of nitrogens with zero attached hydrogens (tertiary/aromatic N) is 13. The molecule has 19 heterocycles. The molecular weight excluding hydrogens is 1810 g/mol. The highest BCUT2D eigenvalue weighted by molar-refractivity contribution is 7.14. The number of halogens is 2. The van der Waals surface area contributed by atoms with Crippen molar-refractivity contribution >= 4 is 185 Å². The first-order chi connectivity index (χ1) is 62.4. The molecule has 130 heavy (non-hydrogen) atoms. The minimum Gasteiger partial charge on any atom is -0.386 e. The van der Waals surface area contributed by atoms with Crippen molar-refractivity contribution in [2.75, 3.05) is 105 Å². The van der Waals surface area contributed by atoms with Gasteiger partial charge in [-0.3, -0.25) is 19.4 Å². The molecule has 21 rings (SSSR count). The summed E-state index contributed by atoms with van der Waals surface area (Å²) in [6.07, 6.45) is 23.7. The van der Waals surface area contributed by atoms with Gasteiger partial charge in [0.1, 0.15) is 30.3 Å². The number of carbonyl (C=O) groups is 9. The van der Waals surface area contributed by atoms with Gasteiger partial charge in [-0.1, -0.05) is 24.3 Å². The summed E-state index contributed by atoms with van der Waals surface area (Å²) in [6.45, 7) is 36.1. The Kier molecular flexibility index (Phi) is 34.7. The summed E-state index contributed by atoms with van der Waals surface area (Å²) in [4.78, 5) is 161. The van der Waals surface area contributed by atoms with Gasteiger partial charge in [0.2, 0.25) is 0 Å². The number of aliphatic hydroxyl groups excluding tert-OH is 2. The zero-order chi connectivity index (χ0) is 89.4. The summed E-state index contributed by atoms with van der Waals surface area (Å²) < 4.78 is 0. The van der Waals surface area contributed by atoms with Crippen LogP contribution in [0.3, 0.4) is 0 Å². The van der Waals surface area contributed by atoms with Crippen LogP contribution in [0.4, 0.5) is 19.2 Å². The average Bonchev–Trinajstić information content (AvgIpc) is 1.59. The second-order valence-corrected chi connectivity index (χ2v) is 40.6. The van der Waals surface area contributed by atoms with E-state index in [0.29, 0.717) is 91.9 Å². The van der Waals surface area contributed by atoms with Crippen LogP contribution in [0.1, 0.15) is 201 Å². The predicted molar refractivity (Wildman–Crippen MR) is 515 cm³/mol. The van der Waals surface area contributed by atoms with Crippen molar-refractivity contribution in [3.8, 4) is 0 Å². The van der Waals surface area contributed by atoms with Gasteiger partial charge in [0, 0.05) is 163 Å². The number of carbonyl (C=O) groups excluding carboxylic acids is 9. The first-order valence-corrected chi connectivity index (χ1v) is 49.3. The quantitative estimate of drug-likeness (QED) is 0.0136. The lowest BCUT2D eigenvalue weighted by Crippen LogP contribution is -2.45. The largest absolute Gasteiger partial charge is 0.386 e. The van der Waals surface area contributed by atoms with Crippen LogP contribution < -0.4 is 10.8 Å². The van der Waals surface area contributed by atoms with Crippen LogP contribution in [-0.4, -0.2) is 271 Å². The summed E-state index contributed by atoms with van der Waals surface area (Å²) in [7, 11) is 7.84. The summed E-state index contributed by atoms with van der Waals surface area (Å²) in [6, 6.07) is -0.00615. The number of rotatable bonds is 25. The number of aliphatic hydroxyl groups is 2. The number of urea groups is 4. The average molecular weight is 1920 g/mol. The molecule has 6 aromatic rings. The van der Waals surface area contributed by atoms with Gasteiger partial charge in [-0.2, -0.15) is 20.7 Å². The molecule has 13 aliphatic heterocycles. The van der Waals surface area contributed by atoms with E-state index in [2.05, 4.69) is 37.1 Å². The van der Waals surface area contributed by atoms with Crippen molar-refractivity contribution in [1.29, 1.82) is 0 Å². The number of hydrogen-bond donors (Lipinski definition) is 4. The predicted octanol–water partition coefficient (Wildman–Crippen LogP) is 9.81. The SMILES string of the molecule is C=CCON1C(=O)N2Cc3c(sc4c3CCCC4)C1C2.C=CCON1C(=O)N2Cc3c(sc4c3CN(C(=O)N(CC)CC)CC4)C1C2.C=CCON1C(=O)N2Cc3c(sc4c3CN([B]C=O)CC4)C1C2.C=CCONC1CN([B]C=O)Cc2c1sc1c2CN([B]C=O)CC1.Cl.Cl.O=C[B]N1CCc2sc3c(c2C1)CN([B]C=O)CC3O.OC1CNCc2c1sc1c2CCCC1. The molecule has 6 unspecified atom stereocenters. The van der Waals surface area contributed by atoms with Crippen molar-refractivity contribution in [3.63, 3.8) is 0 Å². The van der Waals surface area contributed by atoms with Crippen molar-refractivity contribution in [1.82, 2.24) is 74.5 Å². The summed E-state index contributed by atoms with van der Waals surface area (Å²) in [5.41, 5.74) is 18.9. The number of hydroxylamine groups is 7. The minimum absolute atomic E-state index is 0. The van der Waals surface area contributed by atoms with Gasteiger partial charge in [-0.15, -0.1) is 119 Å². The maximum atomic E-state index is 12.8. The molecule has 4 N–H and O–H groups in total. The highest BCUT2D eigenvalue weighted by atomic mass is 35.5. The topological polar surface area (TPSA) is 297 Å². The van der Waals surface area contributed by atoms with E-state index in [1.807, 2.05) is 96.4 Å². The number of thiophene rings is 6. The summed E-state index contributed by atoms with van der Waals surface area (Å²) in [5, 5.41) is 28.0. The maximum Gasteiger partial charge on any atom is 0.345 e. The Labute approximate surface area is 799 Å². The van der Waals surface area contributed by atoms with Gasteiger partial charge >= 0.3 is 24.1 Å². The molecule has 8 amide bonds. The number of amides is 8. The van der Waals surface area contributed by atoms with Gasteiger partial charge in [-0.25, -0.2) is 19.2 Å². The second kappa shape index (κ2) is 45.5. The Balaban J connectivity index is 0.000000126. The molecule has 3 fully saturated rings. The van der Waals surface area contributed by atoms with Gasteiger partial charge < -0.3 is 88.1 Å². The van der Waals surface area contributed by atoms with Crippen LogP contribution >= 0.6 is 92.8 Å². The summed E-state index contributed by atoms with van der Waals surface area (Å²) >= 11 is 10.9. The molecule has 15 aliphatic rings. The smallest absolute Gasteiger partial charge is 0.345 e. The molecule has 0 spiro atoms. The van der Waals surface area contributed by atoms with Gasteiger partial charge in [0.25, 0.3) is 37.1 Å². The van der Waals surface area contributed by atoms with E-state index >= 15 is 0 Å². The normalized spacial score (nSPS) is 22.1. The van der Waals surface area contributed by atoms with Crippen molar-refractivity contribution in [2.45, 2.75) is 193 Å². The first-order valence-electron chi connectivity index (χ1n) is 44.4. The Bertz CT molecular complexity index is 5150. The van der Waals surface area contributed by atoms with Gasteiger partial charge in [-0.05, 0) is 177 Å². The van der Waals surface area contributed by atoms with Crippen LogP contribution in [0.5, 0.6) is 0 Å². The third-order valence-corrected chi connectivity index (χ3v) is 34.6. The van der Waals surface area contributed by atoms with Crippen LogP contribution in [0.15, 0.2) is 50.6 Å². The van der Waals surface area contributed by atoms with E-state index in [1.54, 1.807) is 108 Å². The van der Waals surface area contributed by atoms with Crippen molar-refractivity contribution in [3.05, 3.63) is 176 Å². The molecule has 3 saturated heterocycles. The zero-order valence-electron chi connectivity index (χ0n) is 73.5. The van der Waals surface area contributed by atoms with Gasteiger partial charge in [0.05, 0.1) is 83.0 Å². The summed E-state index contributed by atoms with van der Waals surface area (Å²) in [5.74, 6) is 0. The molecule has 43 heteroatoms. The van der Waals surface area contributed by atoms with Gasteiger partial charge in [0.15, 0.2) is 0 Å². The molecule has 0 saturated carbocycles. The fourth-order valence-corrected chi connectivity index (χ4v) is 28.3. The standard InChI is InChI=1S/C19H26N4O3S.C15H19B2N3O3S.C15H17BN3O3S.C15H18N2O2S.C12H14B2N2O3S.C11H15NOS.2ClH/c1-4-9-26-23-15-12-22(19(23)25)11-14-13-10-21(18(24)20(5-2)6-3)8-7-16(13)27-17(14)15;1-2-5-23-18-13-8-20(17-10-22)7-12-11-6-19(16-9-21)4-3-14(11)24-15(12)13;1-2-5-22-19-12-8-17(15(19)21)6-11-10-7-18(16-9-20)4-3-13(10)23-14(11)12;1-2-7-19-17-12-9-16(15(17)18)8-11-10-5-3-4-6-13(10)20-14(11)12;17-6-13-15-2-1-11-8(3-15)9-4-16(14-7-18)5-10(19)12(9)20-11;13-9-6-12-5-8-7-3-1-2-4-10(7)14-11(8)9;;/h4,15H,1,5-12H2,2-3H3;2,9-10,13,18H,1,3-8H2;2,9,12H,1,3-8H2;2,12H,1,3-9H2;6-7,10,19H,1-5H2;9,12-13H,1-6H2;2*1H. The maximum absolute atomic E-state index is 12.8. The number of β-amino-alcohol motifs (C(OH)–C–C–N with tert-alkyl or cyclic N) is 2. The van der Waals surface area contributed by atoms with Crippen LogP contribution in [-0.2, 0) is 160 Å². The molecule has 6 aromatic heterocycles. The Morgan fingerprint density at radius 2 is 0.762 bits per heavy atom. The molecule has 30 nitrogen and oxygen atoms in total. The van der Waals surface area contributed by atoms with E-state index in [9.17, 15) is 53.4 Å². The number of hydrogen-bond acceptors (Lipinski definition) is 28. The first kappa shape index (κ1) is 99.0. The lowest BCUT2D eigenvalue weighted by Gasteiger charge is -2.33. The Hall–Kier alpha value is -7.03. The monoisotopic (exact) mass is 1920 g/mol. The van der Waals surface area contributed by atoms with E-state index in [-0.39, 0.29) is 79.2 Å². The highest BCUT2D eigenvalue weighted by Crippen LogP contribution is 2.51. The van der Waals surface area contributed by atoms with E-state index in [4.69, 9.17) is 19.4 Å². The second-order valence-electron chi connectivity index (χ2n) is 33.8. The lowest BCUT2D eigenvalue weighted by molar-refractivity contribution is -0.118. The zero-order valence-corrected chi connectivity index (χ0v) is 80.1. The lowest BCUT2D eigenvalue weighted by atomic mass is 9.86. The van der Waals surface area contributed by atoms with Crippen molar-refractivity contribution < 1.29 is 72.7 Å². The molecular formula is C87H111B5Cl2N15O15S6. The number of aryl methyl sites for hydroxylation is 2. The molecule has 6 bridgehead atoms. The van der Waals surface area contributed by atoms with Crippen LogP contribution in [0.25, 0.3) is 0 Å². The van der Waals surface area contributed by atoms with E-state index in [1.165, 1.54) is 168 Å². The molecule has 5 radical (unpaired) electrons. The minimum atomic E-state index is -0.533. The molecule has 0 aromatic carbocycles.